The summed E-state index contributed by atoms with van der Waals surface area (Å²) >= 11 is 0. The fourth-order valence-corrected chi connectivity index (χ4v) is 3.48. The van der Waals surface area contributed by atoms with Gasteiger partial charge in [-0.3, -0.25) is 0 Å². The lowest BCUT2D eigenvalue weighted by Crippen LogP contribution is -2.48. The number of aliphatic hydroxyl groups is 1. The third-order valence-corrected chi connectivity index (χ3v) is 6.09. The molecule has 0 heterocycles. The largest absolute Gasteiger partial charge is 0.494 e. The third-order valence-electron chi connectivity index (χ3n) is 6.09. The van der Waals surface area contributed by atoms with E-state index in [9.17, 15) is 5.11 Å². The van der Waals surface area contributed by atoms with Crippen LogP contribution in [-0.2, 0) is 6.42 Å². The molecule has 0 aliphatic rings. The monoisotopic (exact) mass is 391 g/mol. The summed E-state index contributed by atoms with van der Waals surface area (Å²) in [5, 5.41) is 9.57. The van der Waals surface area contributed by atoms with Crippen molar-refractivity contribution < 1.29 is 9.84 Å². The highest BCUT2D eigenvalue weighted by molar-refractivity contribution is 5.27. The van der Waals surface area contributed by atoms with Crippen molar-refractivity contribution in [2.75, 3.05) is 13.2 Å². The van der Waals surface area contributed by atoms with Crippen LogP contribution < -0.4 is 10.5 Å². The SMILES string of the molecule is CC(C)CCCC(C)CCCCOc1ccc(CC[C@@](N)(CO)C(C)C)cc1. The summed E-state index contributed by atoms with van der Waals surface area (Å²) in [5.41, 5.74) is 7.04. The van der Waals surface area contributed by atoms with Gasteiger partial charge in [0.15, 0.2) is 0 Å². The van der Waals surface area contributed by atoms with E-state index < -0.39 is 5.54 Å². The Balaban J connectivity index is 2.21. The Hall–Kier alpha value is -1.06. The van der Waals surface area contributed by atoms with Crippen molar-refractivity contribution >= 4 is 0 Å². The molecule has 1 unspecified atom stereocenters. The molecule has 1 aromatic carbocycles. The minimum Gasteiger partial charge on any atom is -0.494 e. The molecule has 0 radical (unpaired) electrons. The lowest BCUT2D eigenvalue weighted by Gasteiger charge is -2.31. The smallest absolute Gasteiger partial charge is 0.119 e. The van der Waals surface area contributed by atoms with Gasteiger partial charge in [0.25, 0.3) is 0 Å². The topological polar surface area (TPSA) is 55.5 Å². The van der Waals surface area contributed by atoms with Gasteiger partial charge < -0.3 is 15.6 Å². The van der Waals surface area contributed by atoms with E-state index in [2.05, 4.69) is 58.9 Å². The highest BCUT2D eigenvalue weighted by atomic mass is 16.5. The quantitative estimate of drug-likeness (QED) is 0.362. The maximum atomic E-state index is 9.57. The van der Waals surface area contributed by atoms with Crippen LogP contribution in [0.3, 0.4) is 0 Å². The molecule has 0 bridgehead atoms. The number of benzene rings is 1. The minimum absolute atomic E-state index is 0.0300. The Bertz CT molecular complexity index is 512. The highest BCUT2D eigenvalue weighted by Gasteiger charge is 2.27. The maximum Gasteiger partial charge on any atom is 0.119 e. The molecule has 0 aliphatic carbocycles. The van der Waals surface area contributed by atoms with E-state index in [0.717, 1.165) is 43.5 Å². The van der Waals surface area contributed by atoms with Crippen molar-refractivity contribution in [2.45, 2.75) is 91.5 Å². The van der Waals surface area contributed by atoms with Gasteiger partial charge >= 0.3 is 0 Å². The summed E-state index contributed by atoms with van der Waals surface area (Å²) in [5.74, 6) is 2.86. The second kappa shape index (κ2) is 13.2. The Morgan fingerprint density at radius 2 is 1.57 bits per heavy atom. The number of aryl methyl sites for hydroxylation is 1. The second-order valence-corrected chi connectivity index (χ2v) is 9.46. The fraction of sp³-hybridized carbons (Fsp3) is 0.760. The number of ether oxygens (including phenoxy) is 1. The summed E-state index contributed by atoms with van der Waals surface area (Å²) in [6.45, 7) is 12.0. The fourth-order valence-electron chi connectivity index (χ4n) is 3.48. The zero-order valence-corrected chi connectivity index (χ0v) is 19.0. The third kappa shape index (κ3) is 9.93. The molecule has 0 amide bonds. The highest BCUT2D eigenvalue weighted by Crippen LogP contribution is 2.22. The van der Waals surface area contributed by atoms with Crippen LogP contribution in [-0.4, -0.2) is 23.9 Å². The van der Waals surface area contributed by atoms with Gasteiger partial charge in [-0.15, -0.1) is 0 Å². The van der Waals surface area contributed by atoms with Crippen LogP contribution in [0.5, 0.6) is 5.75 Å². The first kappa shape index (κ1) is 25.0. The molecule has 162 valence electrons. The van der Waals surface area contributed by atoms with Crippen molar-refractivity contribution in [1.29, 1.82) is 0 Å². The van der Waals surface area contributed by atoms with Gasteiger partial charge in [-0.2, -0.15) is 0 Å². The molecule has 3 heteroatoms. The molecule has 1 rings (SSSR count). The van der Waals surface area contributed by atoms with Crippen molar-refractivity contribution in [1.82, 2.24) is 0 Å². The van der Waals surface area contributed by atoms with Gasteiger partial charge in [-0.05, 0) is 61.1 Å². The van der Waals surface area contributed by atoms with E-state index in [0.29, 0.717) is 0 Å². The van der Waals surface area contributed by atoms with E-state index in [1.54, 1.807) is 0 Å². The van der Waals surface area contributed by atoms with Crippen LogP contribution in [0, 0.1) is 17.8 Å². The van der Waals surface area contributed by atoms with E-state index in [1.165, 1.54) is 37.7 Å². The first-order chi connectivity index (χ1) is 13.3. The Morgan fingerprint density at radius 1 is 0.929 bits per heavy atom. The minimum atomic E-state index is -0.499. The van der Waals surface area contributed by atoms with Crippen LogP contribution in [0.25, 0.3) is 0 Å². The van der Waals surface area contributed by atoms with E-state index in [-0.39, 0.29) is 12.5 Å². The maximum absolute atomic E-state index is 9.57. The van der Waals surface area contributed by atoms with Crippen molar-refractivity contribution in [3.8, 4) is 5.75 Å². The first-order valence-electron chi connectivity index (χ1n) is 11.4. The summed E-state index contributed by atoms with van der Waals surface area (Å²) in [4.78, 5) is 0. The molecule has 0 saturated heterocycles. The van der Waals surface area contributed by atoms with Gasteiger partial charge in [0.1, 0.15) is 5.75 Å². The van der Waals surface area contributed by atoms with E-state index in [4.69, 9.17) is 10.5 Å². The second-order valence-electron chi connectivity index (χ2n) is 9.46. The summed E-state index contributed by atoms with van der Waals surface area (Å²) < 4.78 is 5.90. The molecule has 0 aromatic heterocycles. The van der Waals surface area contributed by atoms with Gasteiger partial charge in [0.2, 0.25) is 0 Å². The van der Waals surface area contributed by atoms with Gasteiger partial charge in [-0.25, -0.2) is 0 Å². The number of nitrogens with two attached hydrogens (primary N) is 1. The zero-order chi connectivity index (χ0) is 21.0. The molecule has 3 N–H and O–H groups in total. The van der Waals surface area contributed by atoms with Crippen molar-refractivity contribution in [3.63, 3.8) is 0 Å². The Morgan fingerprint density at radius 3 is 2.14 bits per heavy atom. The van der Waals surface area contributed by atoms with Crippen LogP contribution in [0.2, 0.25) is 0 Å². The molecule has 1 aromatic rings. The predicted octanol–water partition coefficient (Wildman–Crippen LogP) is 5.98. The molecule has 0 spiro atoms. The molecule has 28 heavy (non-hydrogen) atoms. The van der Waals surface area contributed by atoms with Gasteiger partial charge in [-0.1, -0.05) is 72.4 Å². The number of unbranched alkanes of at least 4 members (excludes halogenated alkanes) is 1. The molecule has 0 fully saturated rings. The molecule has 2 atom stereocenters. The normalized spacial score (nSPS) is 15.0. The molecule has 0 aliphatic heterocycles. The lowest BCUT2D eigenvalue weighted by atomic mass is 9.83. The molecular formula is C25H45NO2. The predicted molar refractivity (Wildman–Crippen MR) is 121 cm³/mol. The van der Waals surface area contributed by atoms with Crippen LogP contribution in [0.4, 0.5) is 0 Å². The zero-order valence-electron chi connectivity index (χ0n) is 19.0. The Kier molecular flexibility index (Phi) is 11.8. The van der Waals surface area contributed by atoms with Crippen molar-refractivity contribution in [3.05, 3.63) is 29.8 Å². The molecule has 0 saturated carbocycles. The first-order valence-corrected chi connectivity index (χ1v) is 11.4. The average Bonchev–Trinajstić information content (AvgIpc) is 2.66. The summed E-state index contributed by atoms with van der Waals surface area (Å²) in [6.07, 6.45) is 9.42. The van der Waals surface area contributed by atoms with Crippen LogP contribution in [0.15, 0.2) is 24.3 Å². The van der Waals surface area contributed by atoms with Gasteiger partial charge in [0, 0.05) is 5.54 Å². The average molecular weight is 392 g/mol. The van der Waals surface area contributed by atoms with Gasteiger partial charge in [0.05, 0.1) is 13.2 Å². The van der Waals surface area contributed by atoms with E-state index in [1.807, 2.05) is 0 Å². The lowest BCUT2D eigenvalue weighted by molar-refractivity contribution is 0.146. The summed E-state index contributed by atoms with van der Waals surface area (Å²) in [6, 6.07) is 8.33. The summed E-state index contributed by atoms with van der Waals surface area (Å²) in [7, 11) is 0. The van der Waals surface area contributed by atoms with E-state index >= 15 is 0 Å². The number of hydrogen-bond acceptors (Lipinski definition) is 3. The number of rotatable bonds is 15. The van der Waals surface area contributed by atoms with Crippen molar-refractivity contribution in [2.24, 2.45) is 23.5 Å². The number of hydrogen-bond donors (Lipinski definition) is 2. The van der Waals surface area contributed by atoms with Crippen LogP contribution in [0.1, 0.15) is 85.1 Å². The molecular weight excluding hydrogens is 346 g/mol. The standard InChI is InChI=1S/C25H45NO2/c1-20(2)9-8-11-22(5)10-6-7-18-28-24-14-12-23(13-15-24)16-17-25(26,19-27)21(3)4/h12-15,20-22,27H,6-11,16-19,26H2,1-5H3/t22?,25-/m1/s1. The molecule has 3 nitrogen and oxygen atoms in total. The number of aliphatic hydroxyl groups excluding tert-OH is 1. The van der Waals surface area contributed by atoms with Crippen LogP contribution >= 0.6 is 0 Å². The Labute approximate surface area is 174 Å².